The van der Waals surface area contributed by atoms with E-state index in [4.69, 9.17) is 10.5 Å². The summed E-state index contributed by atoms with van der Waals surface area (Å²) < 4.78 is 33.0. The van der Waals surface area contributed by atoms with Crippen LogP contribution in [0.5, 0.6) is 5.75 Å². The summed E-state index contributed by atoms with van der Waals surface area (Å²) in [7, 11) is -3.67. The molecular weight excluding hydrogens is 342 g/mol. The second-order valence-corrected chi connectivity index (χ2v) is 8.09. The predicted molar refractivity (Wildman–Crippen MR) is 97.1 cm³/mol. The summed E-state index contributed by atoms with van der Waals surface area (Å²) in [6, 6.07) is 4.69. The molecule has 7 nitrogen and oxygen atoms in total. The van der Waals surface area contributed by atoms with Crippen LogP contribution in [0.15, 0.2) is 23.1 Å². The van der Waals surface area contributed by atoms with Gasteiger partial charge in [0.2, 0.25) is 15.9 Å². The zero-order chi connectivity index (χ0) is 18.4. The summed E-state index contributed by atoms with van der Waals surface area (Å²) in [5, 5.41) is 2.72. The molecule has 0 radical (unpaired) electrons. The molecule has 1 aromatic rings. The van der Waals surface area contributed by atoms with Crippen molar-refractivity contribution in [3.05, 3.63) is 18.2 Å². The second-order valence-electron chi connectivity index (χ2n) is 6.19. The Hall–Kier alpha value is -1.64. The van der Waals surface area contributed by atoms with Crippen LogP contribution in [0.25, 0.3) is 0 Å². The van der Waals surface area contributed by atoms with E-state index in [2.05, 4.69) is 5.32 Å². The zero-order valence-corrected chi connectivity index (χ0v) is 15.6. The lowest BCUT2D eigenvalue weighted by atomic mass is 10.1. The van der Waals surface area contributed by atoms with Gasteiger partial charge in [0.15, 0.2) is 0 Å². The van der Waals surface area contributed by atoms with Gasteiger partial charge >= 0.3 is 0 Å². The van der Waals surface area contributed by atoms with E-state index in [1.165, 1.54) is 10.4 Å². The van der Waals surface area contributed by atoms with Crippen molar-refractivity contribution >= 4 is 21.6 Å². The molecule has 1 fully saturated rings. The molecule has 0 aromatic heterocycles. The molecule has 1 atom stereocenters. The SMILES string of the molecule is CCOc1ccc(NC(=O)C(C)CN)cc1S(=O)(=O)N1CCCCC1. The second kappa shape index (κ2) is 8.64. The van der Waals surface area contributed by atoms with Gasteiger partial charge in [-0.25, -0.2) is 8.42 Å². The molecule has 1 amide bonds. The van der Waals surface area contributed by atoms with Crippen LogP contribution in [0.4, 0.5) is 5.69 Å². The molecule has 0 bridgehead atoms. The molecular formula is C17H27N3O4S. The number of ether oxygens (including phenoxy) is 1. The Balaban J connectivity index is 2.36. The molecule has 0 saturated carbocycles. The van der Waals surface area contributed by atoms with Gasteiger partial charge in [-0.15, -0.1) is 0 Å². The van der Waals surface area contributed by atoms with E-state index in [0.717, 1.165) is 19.3 Å². The first-order valence-corrected chi connectivity index (χ1v) is 10.1. The number of sulfonamides is 1. The maximum Gasteiger partial charge on any atom is 0.246 e. The largest absolute Gasteiger partial charge is 0.492 e. The number of hydrogen-bond acceptors (Lipinski definition) is 5. The van der Waals surface area contributed by atoms with Gasteiger partial charge in [-0.2, -0.15) is 4.31 Å². The summed E-state index contributed by atoms with van der Waals surface area (Å²) in [5.74, 6) is -0.292. The van der Waals surface area contributed by atoms with Crippen LogP contribution in [-0.2, 0) is 14.8 Å². The lowest BCUT2D eigenvalue weighted by Crippen LogP contribution is -2.36. The highest BCUT2D eigenvalue weighted by Crippen LogP contribution is 2.31. The number of hydrogen-bond donors (Lipinski definition) is 2. The zero-order valence-electron chi connectivity index (χ0n) is 14.8. The number of rotatable bonds is 7. The first kappa shape index (κ1) is 19.7. The number of nitrogens with one attached hydrogen (secondary N) is 1. The van der Waals surface area contributed by atoms with Gasteiger partial charge in [0.25, 0.3) is 0 Å². The molecule has 1 aromatic carbocycles. The van der Waals surface area contributed by atoms with Crippen molar-refractivity contribution in [2.24, 2.45) is 11.7 Å². The van der Waals surface area contributed by atoms with E-state index in [1.54, 1.807) is 26.0 Å². The van der Waals surface area contributed by atoms with Crippen molar-refractivity contribution < 1.29 is 17.9 Å². The lowest BCUT2D eigenvalue weighted by Gasteiger charge is -2.27. The van der Waals surface area contributed by atoms with Gasteiger partial charge in [-0.05, 0) is 38.0 Å². The van der Waals surface area contributed by atoms with Crippen molar-refractivity contribution in [3.63, 3.8) is 0 Å². The maximum absolute atomic E-state index is 13.0. The number of nitrogens with two attached hydrogens (primary N) is 1. The minimum atomic E-state index is -3.67. The summed E-state index contributed by atoms with van der Waals surface area (Å²) in [5.41, 5.74) is 5.92. The number of piperidine rings is 1. The molecule has 3 N–H and O–H groups in total. The summed E-state index contributed by atoms with van der Waals surface area (Å²) in [6.45, 7) is 5.12. The molecule has 0 aliphatic carbocycles. The molecule has 1 aliphatic heterocycles. The highest BCUT2D eigenvalue weighted by atomic mass is 32.2. The maximum atomic E-state index is 13.0. The topological polar surface area (TPSA) is 102 Å². The Morgan fingerprint density at radius 1 is 1.32 bits per heavy atom. The smallest absolute Gasteiger partial charge is 0.246 e. The Kier molecular flexibility index (Phi) is 6.80. The minimum Gasteiger partial charge on any atom is -0.492 e. The van der Waals surface area contributed by atoms with E-state index in [1.807, 2.05) is 0 Å². The van der Waals surface area contributed by atoms with Crippen LogP contribution in [0, 0.1) is 5.92 Å². The molecule has 0 spiro atoms. The third-order valence-electron chi connectivity index (χ3n) is 4.25. The fourth-order valence-electron chi connectivity index (χ4n) is 2.68. The Morgan fingerprint density at radius 3 is 2.60 bits per heavy atom. The Morgan fingerprint density at radius 2 is 2.00 bits per heavy atom. The van der Waals surface area contributed by atoms with Crippen molar-refractivity contribution in [1.82, 2.24) is 4.31 Å². The van der Waals surface area contributed by atoms with E-state index in [-0.39, 0.29) is 23.3 Å². The molecule has 140 valence electrons. The van der Waals surface area contributed by atoms with Gasteiger partial charge in [0.05, 0.1) is 6.61 Å². The van der Waals surface area contributed by atoms with E-state index < -0.39 is 10.0 Å². The number of carbonyl (C=O) groups is 1. The summed E-state index contributed by atoms with van der Waals surface area (Å²) >= 11 is 0. The summed E-state index contributed by atoms with van der Waals surface area (Å²) in [6.07, 6.45) is 2.75. The fraction of sp³-hybridized carbons (Fsp3) is 0.588. The summed E-state index contributed by atoms with van der Waals surface area (Å²) in [4.78, 5) is 12.1. The van der Waals surface area contributed by atoms with Gasteiger partial charge in [0, 0.05) is 31.2 Å². The average Bonchev–Trinajstić information content (AvgIpc) is 2.63. The minimum absolute atomic E-state index is 0.0921. The van der Waals surface area contributed by atoms with Crippen molar-refractivity contribution in [1.29, 1.82) is 0 Å². The van der Waals surface area contributed by atoms with Gasteiger partial charge < -0.3 is 15.8 Å². The predicted octanol–water partition coefficient (Wildman–Crippen LogP) is 1.79. The first-order valence-electron chi connectivity index (χ1n) is 8.68. The molecule has 1 unspecified atom stereocenters. The number of carbonyl (C=O) groups excluding carboxylic acids is 1. The van der Waals surface area contributed by atoms with Crippen LogP contribution in [0.3, 0.4) is 0 Å². The van der Waals surface area contributed by atoms with Crippen LogP contribution >= 0.6 is 0 Å². The highest BCUT2D eigenvalue weighted by Gasteiger charge is 2.29. The third kappa shape index (κ3) is 4.71. The van der Waals surface area contributed by atoms with Crippen molar-refractivity contribution in [2.45, 2.75) is 38.0 Å². The third-order valence-corrected chi connectivity index (χ3v) is 6.16. The normalized spacial score (nSPS) is 17.1. The monoisotopic (exact) mass is 369 g/mol. The van der Waals surface area contributed by atoms with Gasteiger partial charge in [-0.1, -0.05) is 13.3 Å². The van der Waals surface area contributed by atoms with Gasteiger partial charge in [-0.3, -0.25) is 4.79 Å². The van der Waals surface area contributed by atoms with Crippen LogP contribution in [-0.4, -0.2) is 44.9 Å². The molecule has 25 heavy (non-hydrogen) atoms. The quantitative estimate of drug-likeness (QED) is 0.763. The van der Waals surface area contributed by atoms with E-state index in [0.29, 0.717) is 31.1 Å². The Labute approximate surface area is 149 Å². The highest BCUT2D eigenvalue weighted by molar-refractivity contribution is 7.89. The molecule has 1 heterocycles. The van der Waals surface area contributed by atoms with Crippen molar-refractivity contribution in [2.75, 3.05) is 31.6 Å². The fourth-order valence-corrected chi connectivity index (χ4v) is 4.35. The Bertz CT molecular complexity index is 700. The van der Waals surface area contributed by atoms with Crippen LogP contribution < -0.4 is 15.8 Å². The van der Waals surface area contributed by atoms with E-state index >= 15 is 0 Å². The lowest BCUT2D eigenvalue weighted by molar-refractivity contribution is -0.119. The van der Waals surface area contributed by atoms with Gasteiger partial charge in [0.1, 0.15) is 10.6 Å². The average molecular weight is 369 g/mol. The van der Waals surface area contributed by atoms with Crippen LogP contribution in [0.2, 0.25) is 0 Å². The van der Waals surface area contributed by atoms with Crippen molar-refractivity contribution in [3.8, 4) is 5.75 Å². The molecule has 1 saturated heterocycles. The molecule has 2 rings (SSSR count). The standard InChI is InChI=1S/C17H27N3O4S/c1-3-24-15-8-7-14(19-17(21)13(2)12-18)11-16(15)25(22,23)20-9-5-4-6-10-20/h7-8,11,13H,3-6,9-10,12,18H2,1-2H3,(H,19,21). The number of nitrogens with zero attached hydrogens (tertiary/aromatic N) is 1. The number of anilines is 1. The molecule has 1 aliphatic rings. The number of amides is 1. The molecule has 8 heteroatoms. The number of benzene rings is 1. The van der Waals surface area contributed by atoms with Crippen LogP contribution in [0.1, 0.15) is 33.1 Å². The van der Waals surface area contributed by atoms with E-state index in [9.17, 15) is 13.2 Å². The first-order chi connectivity index (χ1) is 11.9.